The molecule has 112 valence electrons. The zero-order valence-electron chi connectivity index (χ0n) is 12.1. The van der Waals surface area contributed by atoms with Crippen LogP contribution in [0, 0.1) is 0 Å². The minimum atomic E-state index is 0.581. The molecule has 0 amide bonds. The van der Waals surface area contributed by atoms with E-state index < -0.39 is 0 Å². The summed E-state index contributed by atoms with van der Waals surface area (Å²) in [6.07, 6.45) is 2.32. The van der Waals surface area contributed by atoms with Crippen molar-refractivity contribution in [1.82, 2.24) is 20.4 Å². The second-order valence-electron chi connectivity index (χ2n) is 5.41. The lowest BCUT2D eigenvalue weighted by Crippen LogP contribution is -2.40. The summed E-state index contributed by atoms with van der Waals surface area (Å²) in [5, 5.41) is 8.12. The maximum Gasteiger partial charge on any atom is 0.241 e. The normalized spacial score (nSPS) is 16.5. The highest BCUT2D eigenvalue weighted by Gasteiger charge is 2.20. The molecule has 1 aromatic carbocycles. The van der Waals surface area contributed by atoms with Gasteiger partial charge in [-0.05, 0) is 57.2 Å². The molecule has 0 radical (unpaired) electrons. The summed E-state index contributed by atoms with van der Waals surface area (Å²) in [5.74, 6) is 1.27. The van der Waals surface area contributed by atoms with Gasteiger partial charge in [0.25, 0.3) is 0 Å². The van der Waals surface area contributed by atoms with Crippen LogP contribution in [0.2, 0.25) is 5.02 Å². The van der Waals surface area contributed by atoms with Gasteiger partial charge >= 0.3 is 0 Å². The molecule has 0 atom stereocenters. The summed E-state index contributed by atoms with van der Waals surface area (Å²) < 4.78 is 5.36. The third-order valence-electron chi connectivity index (χ3n) is 3.89. The number of nitrogens with zero attached hydrogens (tertiary/aromatic N) is 3. The Morgan fingerprint density at radius 1 is 1.29 bits per heavy atom. The second kappa shape index (κ2) is 6.56. The van der Waals surface area contributed by atoms with Gasteiger partial charge in [-0.2, -0.15) is 4.98 Å². The Hall–Kier alpha value is -1.43. The van der Waals surface area contributed by atoms with Crippen LogP contribution < -0.4 is 5.32 Å². The molecule has 21 heavy (non-hydrogen) atoms. The molecule has 1 N–H and O–H groups in total. The molecule has 0 spiro atoms. The lowest BCUT2D eigenvalue weighted by atomic mass is 10.1. The molecule has 2 aromatic rings. The van der Waals surface area contributed by atoms with Crippen LogP contribution in [0.3, 0.4) is 0 Å². The van der Waals surface area contributed by atoms with Crippen molar-refractivity contribution in [3.05, 3.63) is 35.2 Å². The quantitative estimate of drug-likeness (QED) is 0.941. The van der Waals surface area contributed by atoms with E-state index in [0.29, 0.717) is 29.3 Å². The molecular weight excluding hydrogens is 288 g/mol. The molecule has 0 aliphatic carbocycles. The topological polar surface area (TPSA) is 54.2 Å². The van der Waals surface area contributed by atoms with Crippen molar-refractivity contribution < 1.29 is 4.52 Å². The first kappa shape index (κ1) is 14.5. The zero-order chi connectivity index (χ0) is 14.7. The van der Waals surface area contributed by atoms with Gasteiger partial charge < -0.3 is 9.84 Å². The van der Waals surface area contributed by atoms with Crippen LogP contribution in [0.15, 0.2) is 28.8 Å². The summed E-state index contributed by atoms with van der Waals surface area (Å²) in [5.41, 5.74) is 0.916. The second-order valence-corrected chi connectivity index (χ2v) is 5.85. The predicted octanol–water partition coefficient (Wildman–Crippen LogP) is 2.57. The van der Waals surface area contributed by atoms with Crippen LogP contribution in [-0.2, 0) is 6.54 Å². The standard InChI is InChI=1S/C15H19ClN4O/c1-20(13-6-8-17-9-7-13)10-14-18-15(19-21-14)11-2-4-12(16)5-3-11/h2-5,13,17H,6-10H2,1H3. The average Bonchev–Trinajstić information content (AvgIpc) is 2.97. The molecule has 1 aliphatic rings. The highest BCUT2D eigenvalue weighted by molar-refractivity contribution is 6.30. The number of piperidine rings is 1. The van der Waals surface area contributed by atoms with E-state index >= 15 is 0 Å². The molecule has 1 fully saturated rings. The van der Waals surface area contributed by atoms with Crippen molar-refractivity contribution in [1.29, 1.82) is 0 Å². The van der Waals surface area contributed by atoms with E-state index in [9.17, 15) is 0 Å². The van der Waals surface area contributed by atoms with Gasteiger partial charge in [-0.25, -0.2) is 0 Å². The molecule has 1 saturated heterocycles. The van der Waals surface area contributed by atoms with Crippen LogP contribution in [0.1, 0.15) is 18.7 Å². The maximum absolute atomic E-state index is 5.88. The van der Waals surface area contributed by atoms with E-state index in [-0.39, 0.29) is 0 Å². The smallest absolute Gasteiger partial charge is 0.241 e. The largest absolute Gasteiger partial charge is 0.338 e. The summed E-state index contributed by atoms with van der Waals surface area (Å²) >= 11 is 5.88. The van der Waals surface area contributed by atoms with E-state index in [1.165, 1.54) is 0 Å². The van der Waals surface area contributed by atoms with Gasteiger partial charge in [0, 0.05) is 16.6 Å². The number of hydrogen-bond acceptors (Lipinski definition) is 5. The third kappa shape index (κ3) is 3.61. The first-order chi connectivity index (χ1) is 10.2. The summed E-state index contributed by atoms with van der Waals surface area (Å²) in [6.45, 7) is 2.84. The summed E-state index contributed by atoms with van der Waals surface area (Å²) in [7, 11) is 2.11. The highest BCUT2D eigenvalue weighted by atomic mass is 35.5. The van der Waals surface area contributed by atoms with Crippen LogP contribution in [0.4, 0.5) is 0 Å². The fourth-order valence-electron chi connectivity index (χ4n) is 2.63. The number of benzene rings is 1. The monoisotopic (exact) mass is 306 g/mol. The van der Waals surface area contributed by atoms with Crippen molar-refractivity contribution in [2.45, 2.75) is 25.4 Å². The van der Waals surface area contributed by atoms with Crippen molar-refractivity contribution in [2.24, 2.45) is 0 Å². The molecular formula is C15H19ClN4O. The Morgan fingerprint density at radius 2 is 2.00 bits per heavy atom. The van der Waals surface area contributed by atoms with Gasteiger partial charge in [-0.1, -0.05) is 16.8 Å². The molecule has 3 rings (SSSR count). The van der Waals surface area contributed by atoms with Crippen molar-refractivity contribution in [3.8, 4) is 11.4 Å². The molecule has 1 aromatic heterocycles. The van der Waals surface area contributed by atoms with Gasteiger partial charge in [0.15, 0.2) is 0 Å². The SMILES string of the molecule is CN(Cc1nc(-c2ccc(Cl)cc2)no1)C1CCNCC1. The fourth-order valence-corrected chi connectivity index (χ4v) is 2.75. The molecule has 6 heteroatoms. The minimum Gasteiger partial charge on any atom is -0.338 e. The molecule has 2 heterocycles. The van der Waals surface area contributed by atoms with Gasteiger partial charge in [-0.15, -0.1) is 0 Å². The molecule has 0 unspecified atom stereocenters. The molecule has 0 saturated carbocycles. The van der Waals surface area contributed by atoms with Crippen molar-refractivity contribution in [2.75, 3.05) is 20.1 Å². The van der Waals surface area contributed by atoms with Gasteiger partial charge in [0.1, 0.15) is 0 Å². The fraction of sp³-hybridized carbons (Fsp3) is 0.467. The van der Waals surface area contributed by atoms with Crippen molar-refractivity contribution >= 4 is 11.6 Å². The van der Waals surface area contributed by atoms with Gasteiger partial charge in [0.05, 0.1) is 6.54 Å². The van der Waals surface area contributed by atoms with Crippen molar-refractivity contribution in [3.63, 3.8) is 0 Å². The predicted molar refractivity (Wildman–Crippen MR) is 82.1 cm³/mol. The Bertz CT molecular complexity index is 578. The van der Waals surface area contributed by atoms with E-state index in [0.717, 1.165) is 31.5 Å². The van der Waals surface area contributed by atoms with Crippen LogP contribution in [0.25, 0.3) is 11.4 Å². The lowest BCUT2D eigenvalue weighted by Gasteiger charge is -2.30. The van der Waals surface area contributed by atoms with Crippen LogP contribution >= 0.6 is 11.6 Å². The van der Waals surface area contributed by atoms with Crippen LogP contribution in [-0.4, -0.2) is 41.2 Å². The molecule has 0 bridgehead atoms. The lowest BCUT2D eigenvalue weighted by molar-refractivity contribution is 0.171. The number of aromatic nitrogens is 2. The zero-order valence-corrected chi connectivity index (χ0v) is 12.8. The summed E-state index contributed by atoms with van der Waals surface area (Å²) in [4.78, 5) is 6.76. The Kier molecular flexibility index (Phi) is 4.53. The van der Waals surface area contributed by atoms with E-state index in [1.807, 2.05) is 24.3 Å². The van der Waals surface area contributed by atoms with Gasteiger partial charge in [-0.3, -0.25) is 4.90 Å². The Labute approximate surface area is 129 Å². The Morgan fingerprint density at radius 3 is 2.71 bits per heavy atom. The number of rotatable bonds is 4. The average molecular weight is 307 g/mol. The van der Waals surface area contributed by atoms with E-state index in [2.05, 4.69) is 27.4 Å². The number of nitrogens with one attached hydrogen (secondary N) is 1. The maximum atomic E-state index is 5.88. The Balaban J connectivity index is 1.65. The van der Waals surface area contributed by atoms with Crippen LogP contribution in [0.5, 0.6) is 0 Å². The summed E-state index contributed by atoms with van der Waals surface area (Å²) in [6, 6.07) is 8.03. The van der Waals surface area contributed by atoms with E-state index in [4.69, 9.17) is 16.1 Å². The number of hydrogen-bond donors (Lipinski definition) is 1. The van der Waals surface area contributed by atoms with Gasteiger partial charge in [0.2, 0.25) is 11.7 Å². The highest BCUT2D eigenvalue weighted by Crippen LogP contribution is 2.19. The number of halogens is 1. The molecule has 5 nitrogen and oxygen atoms in total. The third-order valence-corrected chi connectivity index (χ3v) is 4.14. The first-order valence-corrected chi connectivity index (χ1v) is 7.59. The molecule has 1 aliphatic heterocycles. The minimum absolute atomic E-state index is 0.581. The first-order valence-electron chi connectivity index (χ1n) is 7.22. The van der Waals surface area contributed by atoms with E-state index in [1.54, 1.807) is 0 Å².